The van der Waals surface area contributed by atoms with Gasteiger partial charge in [-0.15, -0.1) is 0 Å². The topological polar surface area (TPSA) is 65.9 Å². The van der Waals surface area contributed by atoms with Crippen LogP contribution in [0.25, 0.3) is 0 Å². The molecule has 0 bridgehead atoms. The highest BCUT2D eigenvalue weighted by atomic mass is 35.5. The molecule has 0 saturated carbocycles. The van der Waals surface area contributed by atoms with Crippen molar-refractivity contribution in [3.8, 4) is 6.07 Å². The van der Waals surface area contributed by atoms with Gasteiger partial charge >= 0.3 is 0 Å². The van der Waals surface area contributed by atoms with E-state index in [0.29, 0.717) is 29.6 Å². The Hall–Kier alpha value is -1.47. The molecule has 0 amide bonds. The van der Waals surface area contributed by atoms with Crippen LogP contribution in [0.15, 0.2) is 12.1 Å². The molecule has 1 heterocycles. The maximum Gasteiger partial charge on any atom is 0.153 e. The number of nitrogens with zero attached hydrogens (tertiary/aromatic N) is 3. The summed E-state index contributed by atoms with van der Waals surface area (Å²) in [7, 11) is 1.83. The summed E-state index contributed by atoms with van der Waals surface area (Å²) in [5.41, 5.74) is 6.28. The standard InChI is InChI=1S/C9H11ClN4/c1-14(6-2-5-11)9-7(12)3-4-8(10)13-9/h3-4H,2,6,12H2,1H3. The first-order valence-electron chi connectivity index (χ1n) is 4.15. The van der Waals surface area contributed by atoms with Gasteiger partial charge in [-0.05, 0) is 12.1 Å². The van der Waals surface area contributed by atoms with Gasteiger partial charge in [0.15, 0.2) is 5.82 Å². The van der Waals surface area contributed by atoms with Crippen molar-refractivity contribution >= 4 is 23.1 Å². The van der Waals surface area contributed by atoms with E-state index in [4.69, 9.17) is 22.6 Å². The highest BCUT2D eigenvalue weighted by Crippen LogP contribution is 2.21. The molecule has 0 aliphatic rings. The first kappa shape index (κ1) is 10.6. The molecular formula is C9H11ClN4. The minimum atomic E-state index is 0.401. The Morgan fingerprint density at radius 1 is 1.64 bits per heavy atom. The molecular weight excluding hydrogens is 200 g/mol. The van der Waals surface area contributed by atoms with Crippen LogP contribution in [-0.2, 0) is 0 Å². The van der Waals surface area contributed by atoms with Crippen LogP contribution in [0.3, 0.4) is 0 Å². The molecule has 1 aromatic heterocycles. The normalized spacial score (nSPS) is 9.50. The number of aromatic nitrogens is 1. The van der Waals surface area contributed by atoms with Gasteiger partial charge in [-0.1, -0.05) is 11.6 Å². The van der Waals surface area contributed by atoms with Crippen LogP contribution < -0.4 is 10.6 Å². The lowest BCUT2D eigenvalue weighted by molar-refractivity contribution is 0.887. The molecule has 1 rings (SSSR count). The molecule has 0 atom stereocenters. The summed E-state index contributed by atoms with van der Waals surface area (Å²) in [6.07, 6.45) is 0.435. The molecule has 4 nitrogen and oxygen atoms in total. The van der Waals surface area contributed by atoms with Gasteiger partial charge in [0.2, 0.25) is 0 Å². The summed E-state index contributed by atoms with van der Waals surface area (Å²) in [5, 5.41) is 8.83. The van der Waals surface area contributed by atoms with Gasteiger partial charge in [0, 0.05) is 13.6 Å². The van der Waals surface area contributed by atoms with Gasteiger partial charge in [0.1, 0.15) is 5.15 Å². The number of hydrogen-bond donors (Lipinski definition) is 1. The number of rotatable bonds is 3. The summed E-state index contributed by atoms with van der Waals surface area (Å²) >= 11 is 5.74. The van der Waals surface area contributed by atoms with Crippen molar-refractivity contribution in [2.24, 2.45) is 0 Å². The smallest absolute Gasteiger partial charge is 0.153 e. The lowest BCUT2D eigenvalue weighted by atomic mass is 10.3. The van der Waals surface area contributed by atoms with Crippen LogP contribution in [-0.4, -0.2) is 18.6 Å². The van der Waals surface area contributed by atoms with Gasteiger partial charge in [-0.3, -0.25) is 0 Å². The monoisotopic (exact) mass is 210 g/mol. The Bertz CT molecular complexity index is 358. The first-order valence-corrected chi connectivity index (χ1v) is 4.53. The number of halogens is 1. The fraction of sp³-hybridized carbons (Fsp3) is 0.333. The molecule has 2 N–H and O–H groups in total. The molecule has 0 radical (unpaired) electrons. The van der Waals surface area contributed by atoms with E-state index in [-0.39, 0.29) is 0 Å². The second-order valence-corrected chi connectivity index (χ2v) is 3.26. The molecule has 74 valence electrons. The Kier molecular flexibility index (Phi) is 3.55. The summed E-state index contributed by atoms with van der Waals surface area (Å²) in [5.74, 6) is 0.618. The Labute approximate surface area is 87.9 Å². The number of nitriles is 1. The Morgan fingerprint density at radius 2 is 2.36 bits per heavy atom. The van der Waals surface area contributed by atoms with Gasteiger partial charge in [-0.25, -0.2) is 4.98 Å². The molecule has 0 aliphatic carbocycles. The second kappa shape index (κ2) is 4.68. The average molecular weight is 211 g/mol. The van der Waals surface area contributed by atoms with E-state index in [1.807, 2.05) is 11.9 Å². The van der Waals surface area contributed by atoms with E-state index in [1.165, 1.54) is 0 Å². The van der Waals surface area contributed by atoms with E-state index in [9.17, 15) is 0 Å². The Balaban J connectivity index is 2.83. The SMILES string of the molecule is CN(CCC#N)c1nc(Cl)ccc1N. The zero-order chi connectivity index (χ0) is 10.6. The van der Waals surface area contributed by atoms with E-state index < -0.39 is 0 Å². The maximum absolute atomic E-state index is 8.43. The summed E-state index contributed by atoms with van der Waals surface area (Å²) in [6, 6.07) is 5.40. The molecule has 0 spiro atoms. The molecule has 0 fully saturated rings. The zero-order valence-electron chi connectivity index (χ0n) is 7.87. The summed E-state index contributed by atoms with van der Waals surface area (Å²) < 4.78 is 0. The van der Waals surface area contributed by atoms with E-state index in [0.717, 1.165) is 0 Å². The molecule has 14 heavy (non-hydrogen) atoms. The number of hydrogen-bond acceptors (Lipinski definition) is 4. The van der Waals surface area contributed by atoms with Crippen molar-refractivity contribution in [2.45, 2.75) is 6.42 Å². The lowest BCUT2D eigenvalue weighted by Gasteiger charge is -2.18. The third-order valence-corrected chi connectivity index (χ3v) is 2.00. The highest BCUT2D eigenvalue weighted by Gasteiger charge is 2.06. The van der Waals surface area contributed by atoms with Crippen LogP contribution in [0.5, 0.6) is 0 Å². The molecule has 0 saturated heterocycles. The third kappa shape index (κ3) is 2.51. The predicted molar refractivity (Wildman–Crippen MR) is 57.2 cm³/mol. The lowest BCUT2D eigenvalue weighted by Crippen LogP contribution is -2.20. The van der Waals surface area contributed by atoms with Crippen LogP contribution >= 0.6 is 11.6 Å². The van der Waals surface area contributed by atoms with Gasteiger partial charge in [-0.2, -0.15) is 5.26 Å². The summed E-state index contributed by atoms with van der Waals surface area (Å²) in [6.45, 7) is 0.591. The van der Waals surface area contributed by atoms with Crippen LogP contribution in [0.1, 0.15) is 6.42 Å². The van der Waals surface area contributed by atoms with Crippen LogP contribution in [0, 0.1) is 11.3 Å². The van der Waals surface area contributed by atoms with Crippen molar-refractivity contribution in [2.75, 3.05) is 24.2 Å². The fourth-order valence-corrected chi connectivity index (χ4v) is 1.21. The summed E-state index contributed by atoms with van der Waals surface area (Å²) in [4.78, 5) is 5.89. The van der Waals surface area contributed by atoms with Gasteiger partial charge in [0.05, 0.1) is 18.2 Å². The van der Waals surface area contributed by atoms with Crippen molar-refractivity contribution < 1.29 is 0 Å². The Morgan fingerprint density at radius 3 is 3.00 bits per heavy atom. The second-order valence-electron chi connectivity index (χ2n) is 2.88. The van der Waals surface area contributed by atoms with Crippen molar-refractivity contribution in [1.82, 2.24) is 4.98 Å². The molecule has 0 unspecified atom stereocenters. The zero-order valence-corrected chi connectivity index (χ0v) is 8.62. The van der Waals surface area contributed by atoms with Crippen molar-refractivity contribution in [3.05, 3.63) is 17.3 Å². The molecule has 5 heteroatoms. The minimum Gasteiger partial charge on any atom is -0.396 e. The number of pyridine rings is 1. The van der Waals surface area contributed by atoms with E-state index >= 15 is 0 Å². The predicted octanol–water partition coefficient (Wildman–Crippen LogP) is 1.67. The fourth-order valence-electron chi connectivity index (χ4n) is 1.07. The van der Waals surface area contributed by atoms with Crippen LogP contribution in [0.2, 0.25) is 5.15 Å². The first-order chi connectivity index (χ1) is 6.65. The molecule has 0 aliphatic heterocycles. The van der Waals surface area contributed by atoms with Gasteiger partial charge < -0.3 is 10.6 Å². The van der Waals surface area contributed by atoms with Crippen LogP contribution in [0.4, 0.5) is 11.5 Å². The molecule has 0 aromatic carbocycles. The quantitative estimate of drug-likeness (QED) is 0.771. The number of nitrogen functional groups attached to an aromatic ring is 1. The van der Waals surface area contributed by atoms with Gasteiger partial charge in [0.25, 0.3) is 0 Å². The minimum absolute atomic E-state index is 0.401. The van der Waals surface area contributed by atoms with Crippen molar-refractivity contribution in [3.63, 3.8) is 0 Å². The van der Waals surface area contributed by atoms with E-state index in [1.54, 1.807) is 12.1 Å². The van der Waals surface area contributed by atoms with E-state index in [2.05, 4.69) is 11.1 Å². The highest BCUT2D eigenvalue weighted by molar-refractivity contribution is 6.29. The van der Waals surface area contributed by atoms with Crippen molar-refractivity contribution in [1.29, 1.82) is 5.26 Å². The number of anilines is 2. The largest absolute Gasteiger partial charge is 0.396 e. The third-order valence-electron chi connectivity index (χ3n) is 1.79. The maximum atomic E-state index is 8.43. The number of nitrogens with two attached hydrogens (primary N) is 1. The average Bonchev–Trinajstić information content (AvgIpc) is 2.18. The molecule has 1 aromatic rings.